The first-order valence-electron chi connectivity index (χ1n) is 8.66. The third-order valence-electron chi connectivity index (χ3n) is 4.87. The maximum Gasteiger partial charge on any atom is 0.213 e. The molecule has 0 fully saturated rings. The van der Waals surface area contributed by atoms with Crippen molar-refractivity contribution in [2.75, 3.05) is 20.7 Å². The number of rotatable bonds is 5. The van der Waals surface area contributed by atoms with Gasteiger partial charge in [-0.15, -0.1) is 0 Å². The molecule has 0 radical (unpaired) electrons. The number of aromatic nitrogens is 1. The van der Waals surface area contributed by atoms with E-state index < -0.39 is 0 Å². The molecule has 1 atom stereocenters. The Labute approximate surface area is 149 Å². The Morgan fingerprint density at radius 1 is 1.24 bits per heavy atom. The summed E-state index contributed by atoms with van der Waals surface area (Å²) in [6.45, 7) is 3.15. The Morgan fingerprint density at radius 3 is 2.80 bits per heavy atom. The van der Waals surface area contributed by atoms with Crippen molar-refractivity contribution in [3.05, 3.63) is 48.0 Å². The molecule has 132 valence electrons. The van der Waals surface area contributed by atoms with Crippen LogP contribution in [-0.2, 0) is 6.42 Å². The normalized spacial score (nSPS) is 20.3. The maximum absolute atomic E-state index is 6.01. The summed E-state index contributed by atoms with van der Waals surface area (Å²) in [7, 11) is 3.63. The third kappa shape index (κ3) is 4.10. The van der Waals surface area contributed by atoms with Gasteiger partial charge in [0.05, 0.1) is 18.3 Å². The van der Waals surface area contributed by atoms with Crippen LogP contribution in [0.25, 0.3) is 11.3 Å². The predicted molar refractivity (Wildman–Crippen MR) is 102 cm³/mol. The molecule has 5 heteroatoms. The van der Waals surface area contributed by atoms with Crippen molar-refractivity contribution >= 4 is 5.96 Å². The summed E-state index contributed by atoms with van der Waals surface area (Å²) < 4.78 is 5.22. The van der Waals surface area contributed by atoms with Crippen LogP contribution in [0.3, 0.4) is 0 Å². The Balaban J connectivity index is 1.74. The summed E-state index contributed by atoms with van der Waals surface area (Å²) in [5.74, 6) is 1.27. The van der Waals surface area contributed by atoms with Crippen molar-refractivity contribution in [1.29, 1.82) is 0 Å². The molecule has 5 nitrogen and oxygen atoms in total. The van der Waals surface area contributed by atoms with E-state index in [1.54, 1.807) is 7.11 Å². The molecule has 3 rings (SSSR count). The number of aliphatic imine (C=N–C) groups is 1. The Morgan fingerprint density at radius 2 is 2.04 bits per heavy atom. The monoisotopic (exact) mass is 338 g/mol. The number of ether oxygens (including phenoxy) is 1. The number of nitrogens with zero attached hydrogens (tertiary/aromatic N) is 3. The molecule has 1 aliphatic rings. The summed E-state index contributed by atoms with van der Waals surface area (Å²) in [5.41, 5.74) is 9.24. The summed E-state index contributed by atoms with van der Waals surface area (Å²) in [5, 5.41) is 0. The number of hydrogen-bond acceptors (Lipinski definition) is 5. The Bertz CT molecular complexity index is 774. The lowest BCUT2D eigenvalue weighted by atomic mass is 9.89. The van der Waals surface area contributed by atoms with Crippen LogP contribution in [0.2, 0.25) is 0 Å². The molecule has 1 aliphatic heterocycles. The molecular formula is C20H26N4O. The maximum atomic E-state index is 6.01. The van der Waals surface area contributed by atoms with Gasteiger partial charge >= 0.3 is 0 Å². The lowest BCUT2D eigenvalue weighted by Gasteiger charge is -2.34. The molecule has 1 aromatic carbocycles. The van der Waals surface area contributed by atoms with Crippen LogP contribution < -0.4 is 10.5 Å². The number of aryl methyl sites for hydroxylation is 1. The van der Waals surface area contributed by atoms with Gasteiger partial charge in [-0.3, -0.25) is 0 Å². The molecule has 2 aromatic rings. The first-order valence-corrected chi connectivity index (χ1v) is 8.66. The summed E-state index contributed by atoms with van der Waals surface area (Å²) in [4.78, 5) is 11.2. The molecule has 1 unspecified atom stereocenters. The van der Waals surface area contributed by atoms with Crippen molar-refractivity contribution in [2.45, 2.75) is 31.7 Å². The van der Waals surface area contributed by atoms with E-state index in [0.29, 0.717) is 11.8 Å². The Hall–Kier alpha value is -2.56. The van der Waals surface area contributed by atoms with E-state index in [0.717, 1.165) is 37.1 Å². The fourth-order valence-corrected chi connectivity index (χ4v) is 3.11. The van der Waals surface area contributed by atoms with E-state index in [-0.39, 0.29) is 5.54 Å². The third-order valence-corrected chi connectivity index (χ3v) is 4.87. The van der Waals surface area contributed by atoms with Crippen LogP contribution in [0, 0.1) is 0 Å². The van der Waals surface area contributed by atoms with E-state index in [4.69, 9.17) is 15.5 Å². The molecular weight excluding hydrogens is 312 g/mol. The van der Waals surface area contributed by atoms with E-state index >= 15 is 0 Å². The number of hydrogen-bond donors (Lipinski definition) is 1. The first kappa shape index (κ1) is 17.3. The highest BCUT2D eigenvalue weighted by atomic mass is 16.5. The van der Waals surface area contributed by atoms with Gasteiger partial charge in [0.25, 0.3) is 0 Å². The standard InChI is InChI=1S/C20H26N4O/c1-20(12-13-24(2)19(21)23-20)11-10-15-6-4-7-16(14-15)17-8-5-9-18(22-17)25-3/h4-9,14H,10-13H2,1-3H3,(H2,21,23). The second kappa shape index (κ2) is 7.13. The van der Waals surface area contributed by atoms with Crippen LogP contribution in [0.4, 0.5) is 0 Å². The lowest BCUT2D eigenvalue weighted by Crippen LogP contribution is -2.45. The van der Waals surface area contributed by atoms with Crippen molar-refractivity contribution in [1.82, 2.24) is 9.88 Å². The molecule has 0 amide bonds. The number of methoxy groups -OCH3 is 1. The zero-order chi connectivity index (χ0) is 17.9. The summed E-state index contributed by atoms with van der Waals surface area (Å²) >= 11 is 0. The molecule has 0 bridgehead atoms. The highest BCUT2D eigenvalue weighted by Gasteiger charge is 2.28. The van der Waals surface area contributed by atoms with Gasteiger partial charge in [0.15, 0.2) is 5.96 Å². The van der Waals surface area contributed by atoms with Gasteiger partial charge in [-0.25, -0.2) is 9.98 Å². The number of pyridine rings is 1. The topological polar surface area (TPSA) is 63.7 Å². The van der Waals surface area contributed by atoms with Crippen molar-refractivity contribution in [3.63, 3.8) is 0 Å². The second-order valence-electron chi connectivity index (χ2n) is 6.90. The van der Waals surface area contributed by atoms with E-state index in [1.807, 2.05) is 30.1 Å². The highest BCUT2D eigenvalue weighted by molar-refractivity contribution is 5.78. The predicted octanol–water partition coefficient (Wildman–Crippen LogP) is 3.10. The molecule has 2 N–H and O–H groups in total. The van der Waals surface area contributed by atoms with Crippen LogP contribution in [0.1, 0.15) is 25.3 Å². The van der Waals surface area contributed by atoms with Crippen LogP contribution in [-0.4, -0.2) is 42.1 Å². The summed E-state index contributed by atoms with van der Waals surface area (Å²) in [6.07, 6.45) is 2.98. The van der Waals surface area contributed by atoms with Gasteiger partial charge in [-0.2, -0.15) is 0 Å². The molecule has 1 aromatic heterocycles. The van der Waals surface area contributed by atoms with E-state index in [2.05, 4.69) is 36.2 Å². The quantitative estimate of drug-likeness (QED) is 0.910. The van der Waals surface area contributed by atoms with Crippen molar-refractivity contribution in [2.24, 2.45) is 10.7 Å². The van der Waals surface area contributed by atoms with Gasteiger partial charge in [-0.1, -0.05) is 24.3 Å². The lowest BCUT2D eigenvalue weighted by molar-refractivity contribution is 0.317. The van der Waals surface area contributed by atoms with Gasteiger partial charge in [0.1, 0.15) is 0 Å². The Kier molecular flexibility index (Phi) is 4.93. The van der Waals surface area contributed by atoms with Gasteiger partial charge in [-0.05, 0) is 43.9 Å². The van der Waals surface area contributed by atoms with Crippen LogP contribution in [0.5, 0.6) is 5.88 Å². The molecule has 0 spiro atoms. The van der Waals surface area contributed by atoms with Gasteiger partial charge < -0.3 is 15.4 Å². The zero-order valence-corrected chi connectivity index (χ0v) is 15.2. The molecule has 2 heterocycles. The minimum absolute atomic E-state index is 0.0825. The fourth-order valence-electron chi connectivity index (χ4n) is 3.11. The molecule has 0 saturated heterocycles. The minimum atomic E-state index is -0.0825. The first-order chi connectivity index (χ1) is 12.0. The number of benzene rings is 1. The van der Waals surface area contributed by atoms with E-state index in [9.17, 15) is 0 Å². The fraction of sp³-hybridized carbons (Fsp3) is 0.400. The average molecular weight is 338 g/mol. The zero-order valence-electron chi connectivity index (χ0n) is 15.2. The molecule has 0 aliphatic carbocycles. The summed E-state index contributed by atoms with van der Waals surface area (Å²) in [6, 6.07) is 14.4. The van der Waals surface area contributed by atoms with E-state index in [1.165, 1.54) is 5.56 Å². The number of nitrogens with two attached hydrogens (primary N) is 1. The largest absolute Gasteiger partial charge is 0.481 e. The van der Waals surface area contributed by atoms with Gasteiger partial charge in [0.2, 0.25) is 5.88 Å². The number of guanidine groups is 1. The van der Waals surface area contributed by atoms with Gasteiger partial charge in [0, 0.05) is 25.2 Å². The smallest absolute Gasteiger partial charge is 0.213 e. The van der Waals surface area contributed by atoms with Crippen molar-refractivity contribution < 1.29 is 4.74 Å². The molecule has 0 saturated carbocycles. The van der Waals surface area contributed by atoms with Crippen molar-refractivity contribution in [3.8, 4) is 17.1 Å². The van der Waals surface area contributed by atoms with Crippen LogP contribution >= 0.6 is 0 Å². The minimum Gasteiger partial charge on any atom is -0.481 e. The SMILES string of the molecule is COc1cccc(-c2cccc(CCC3(C)CCN(C)C(N)=N3)c2)n1. The molecule has 25 heavy (non-hydrogen) atoms. The average Bonchev–Trinajstić information content (AvgIpc) is 2.64. The second-order valence-corrected chi connectivity index (χ2v) is 6.90. The highest BCUT2D eigenvalue weighted by Crippen LogP contribution is 2.27. The van der Waals surface area contributed by atoms with Crippen LogP contribution in [0.15, 0.2) is 47.5 Å².